The summed E-state index contributed by atoms with van der Waals surface area (Å²) >= 11 is 0. The Hall–Kier alpha value is -2.63. The minimum Gasteiger partial charge on any atom is -0.481 e. The van der Waals surface area contributed by atoms with E-state index in [0.717, 1.165) is 12.6 Å². The smallest absolute Gasteiger partial charge is 0.300 e. The van der Waals surface area contributed by atoms with E-state index in [0.29, 0.717) is 0 Å². The molecule has 0 heterocycles. The molecule has 0 aromatic heterocycles. The Morgan fingerprint density at radius 3 is 1.54 bits per heavy atom. The Morgan fingerprint density at radius 1 is 0.893 bits per heavy atom. The number of carboxylic acids is 1. The van der Waals surface area contributed by atoms with Gasteiger partial charge in [-0.1, -0.05) is 69.7 Å². The van der Waals surface area contributed by atoms with Crippen molar-refractivity contribution < 1.29 is 19.5 Å². The maximum Gasteiger partial charge on any atom is 0.300 e. The van der Waals surface area contributed by atoms with Crippen LogP contribution in [0.25, 0.3) is 0 Å². The number of ketones is 1. The van der Waals surface area contributed by atoms with Crippen LogP contribution >= 0.6 is 0 Å². The van der Waals surface area contributed by atoms with Crippen molar-refractivity contribution in [1.82, 2.24) is 10.6 Å². The Labute approximate surface area is 171 Å². The number of carbonyl (C=O) groups excluding carboxylic acids is 2. The minimum atomic E-state index is -0.833. The molecule has 28 heavy (non-hydrogen) atoms. The van der Waals surface area contributed by atoms with Crippen LogP contribution in [0.4, 0.5) is 0 Å². The standard InChI is InChI=1S/C8H14N2O2.C8H10.C2H4O2.2C2H6/c1-6(2)9-5-8(12)10-4-7(3)11;1-7-4-3-5-8(2)6-7;1-2(3)4;2*1-2/h9H,1,4-5H2,2-3H3,(H,10,12);3-6H,1-2H3;1H3,(H,3,4);2*1-2H3. The van der Waals surface area contributed by atoms with E-state index in [1.807, 2.05) is 27.7 Å². The number of allylic oxidation sites excluding steroid dienone is 1. The predicted octanol–water partition coefficient (Wildman–Crippen LogP) is 4.26. The van der Waals surface area contributed by atoms with Gasteiger partial charge in [-0.2, -0.15) is 0 Å². The second-order valence-corrected chi connectivity index (χ2v) is 5.29. The number of hydrogen-bond donors (Lipinski definition) is 3. The first-order chi connectivity index (χ1) is 13.0. The van der Waals surface area contributed by atoms with Crippen LogP contribution in [-0.2, 0) is 14.4 Å². The molecule has 0 spiro atoms. The van der Waals surface area contributed by atoms with Gasteiger partial charge in [0.25, 0.3) is 5.97 Å². The van der Waals surface area contributed by atoms with Crippen LogP contribution < -0.4 is 10.6 Å². The molecular formula is C22H40N2O4. The van der Waals surface area contributed by atoms with E-state index < -0.39 is 5.97 Å². The Morgan fingerprint density at radius 2 is 1.29 bits per heavy atom. The van der Waals surface area contributed by atoms with Crippen molar-refractivity contribution in [3.8, 4) is 0 Å². The van der Waals surface area contributed by atoms with E-state index in [1.165, 1.54) is 18.1 Å². The quantitative estimate of drug-likeness (QED) is 0.691. The van der Waals surface area contributed by atoms with Crippen LogP contribution in [0, 0.1) is 13.8 Å². The summed E-state index contributed by atoms with van der Waals surface area (Å²) in [5.41, 5.74) is 3.41. The topological polar surface area (TPSA) is 95.5 Å². The van der Waals surface area contributed by atoms with Crippen LogP contribution in [0.3, 0.4) is 0 Å². The molecule has 1 aromatic rings. The number of Topliss-reactive ketones (excluding diaryl/α,β-unsaturated/α-hetero) is 1. The average molecular weight is 397 g/mol. The van der Waals surface area contributed by atoms with Gasteiger partial charge in [0.05, 0.1) is 13.1 Å². The lowest BCUT2D eigenvalue weighted by molar-refractivity contribution is -0.134. The molecule has 1 rings (SSSR count). The lowest BCUT2D eigenvalue weighted by Gasteiger charge is -2.04. The largest absolute Gasteiger partial charge is 0.481 e. The molecule has 1 aromatic carbocycles. The number of aliphatic carboxylic acids is 1. The van der Waals surface area contributed by atoms with Gasteiger partial charge in [0.15, 0.2) is 0 Å². The number of hydrogen-bond acceptors (Lipinski definition) is 4. The molecule has 0 fully saturated rings. The monoisotopic (exact) mass is 396 g/mol. The maximum atomic E-state index is 10.9. The highest BCUT2D eigenvalue weighted by atomic mass is 16.4. The zero-order valence-corrected chi connectivity index (χ0v) is 19.1. The lowest BCUT2D eigenvalue weighted by atomic mass is 10.2. The number of aryl methyl sites for hydroxylation is 2. The van der Waals surface area contributed by atoms with E-state index >= 15 is 0 Å². The van der Waals surface area contributed by atoms with Gasteiger partial charge in [-0.05, 0) is 27.7 Å². The minimum absolute atomic E-state index is 0.0568. The van der Waals surface area contributed by atoms with Crippen LogP contribution in [-0.4, -0.2) is 35.9 Å². The molecular weight excluding hydrogens is 356 g/mol. The summed E-state index contributed by atoms with van der Waals surface area (Å²) in [7, 11) is 0. The van der Waals surface area contributed by atoms with Gasteiger partial charge in [0.2, 0.25) is 5.91 Å². The van der Waals surface area contributed by atoms with E-state index in [9.17, 15) is 9.59 Å². The molecule has 0 bridgehead atoms. The summed E-state index contributed by atoms with van der Waals surface area (Å²) in [6.45, 7) is 20.3. The van der Waals surface area contributed by atoms with Gasteiger partial charge in [-0.15, -0.1) is 0 Å². The van der Waals surface area contributed by atoms with E-state index in [-0.39, 0.29) is 24.8 Å². The van der Waals surface area contributed by atoms with Crippen LogP contribution in [0.2, 0.25) is 0 Å². The number of benzene rings is 1. The normalized spacial score (nSPS) is 7.75. The fourth-order valence-corrected chi connectivity index (χ4v) is 1.32. The summed E-state index contributed by atoms with van der Waals surface area (Å²) < 4.78 is 0. The SMILES string of the molecule is C=C(C)NCC(=O)NCC(C)=O.CC.CC.CC(=O)O.Cc1cccc(C)c1. The Kier molecular flexibility index (Phi) is 28.7. The van der Waals surface area contributed by atoms with Crippen molar-refractivity contribution >= 4 is 17.7 Å². The van der Waals surface area contributed by atoms with E-state index in [1.54, 1.807) is 6.92 Å². The van der Waals surface area contributed by atoms with Gasteiger partial charge in [-0.25, -0.2) is 0 Å². The molecule has 0 unspecified atom stereocenters. The zero-order valence-electron chi connectivity index (χ0n) is 19.1. The lowest BCUT2D eigenvalue weighted by Crippen LogP contribution is -2.35. The molecule has 0 saturated carbocycles. The highest BCUT2D eigenvalue weighted by Gasteiger charge is 2.00. The molecule has 0 radical (unpaired) electrons. The third-order valence-corrected chi connectivity index (χ3v) is 2.26. The summed E-state index contributed by atoms with van der Waals surface area (Å²) in [5, 5.41) is 12.6. The van der Waals surface area contributed by atoms with Crippen molar-refractivity contribution in [2.24, 2.45) is 0 Å². The summed E-state index contributed by atoms with van der Waals surface area (Å²) in [6, 6.07) is 8.45. The number of carbonyl (C=O) groups is 3. The number of rotatable bonds is 5. The van der Waals surface area contributed by atoms with Crippen LogP contribution in [0.1, 0.15) is 59.6 Å². The summed E-state index contributed by atoms with van der Waals surface area (Å²) in [5.74, 6) is -1.09. The highest BCUT2D eigenvalue weighted by molar-refractivity contribution is 5.85. The van der Waals surface area contributed by atoms with Crippen LogP contribution in [0.5, 0.6) is 0 Å². The van der Waals surface area contributed by atoms with Crippen molar-refractivity contribution in [2.45, 2.75) is 62.3 Å². The van der Waals surface area contributed by atoms with Crippen molar-refractivity contribution in [2.75, 3.05) is 13.1 Å². The maximum absolute atomic E-state index is 10.9. The fourth-order valence-electron chi connectivity index (χ4n) is 1.32. The Bertz CT molecular complexity index is 514. The van der Waals surface area contributed by atoms with Crippen LogP contribution in [0.15, 0.2) is 36.5 Å². The van der Waals surface area contributed by atoms with Crippen molar-refractivity contribution in [3.63, 3.8) is 0 Å². The molecule has 0 aliphatic heterocycles. The van der Waals surface area contributed by atoms with Gasteiger partial charge in [-0.3, -0.25) is 14.4 Å². The molecule has 6 nitrogen and oxygen atoms in total. The molecule has 162 valence electrons. The second kappa shape index (κ2) is 24.4. The number of carboxylic acid groups (broad SMARTS) is 1. The molecule has 3 N–H and O–H groups in total. The first-order valence-electron chi connectivity index (χ1n) is 9.43. The molecule has 6 heteroatoms. The fraction of sp³-hybridized carbons (Fsp3) is 0.500. The highest BCUT2D eigenvalue weighted by Crippen LogP contribution is 2.00. The van der Waals surface area contributed by atoms with Gasteiger partial charge < -0.3 is 15.7 Å². The summed E-state index contributed by atoms with van der Waals surface area (Å²) in [6.07, 6.45) is 0. The third kappa shape index (κ3) is 38.8. The molecule has 0 aliphatic rings. The zero-order chi connectivity index (χ0) is 23.1. The molecule has 1 amide bonds. The van der Waals surface area contributed by atoms with Gasteiger partial charge in [0.1, 0.15) is 5.78 Å². The van der Waals surface area contributed by atoms with Crippen molar-refractivity contribution in [3.05, 3.63) is 47.7 Å². The summed E-state index contributed by atoms with van der Waals surface area (Å²) in [4.78, 5) is 30.3. The molecule has 0 aliphatic carbocycles. The Balaban J connectivity index is -0.000000155. The van der Waals surface area contributed by atoms with Crippen molar-refractivity contribution in [1.29, 1.82) is 0 Å². The second-order valence-electron chi connectivity index (χ2n) is 5.29. The average Bonchev–Trinajstić information content (AvgIpc) is 2.61. The molecule has 0 atom stereocenters. The number of amides is 1. The first-order valence-corrected chi connectivity index (χ1v) is 9.43. The third-order valence-electron chi connectivity index (χ3n) is 2.26. The number of nitrogens with one attached hydrogen (secondary N) is 2. The first kappa shape index (κ1) is 33.0. The van der Waals surface area contributed by atoms with E-state index in [2.05, 4.69) is 55.3 Å². The molecule has 0 saturated heterocycles. The van der Waals surface area contributed by atoms with E-state index in [4.69, 9.17) is 9.90 Å². The predicted molar refractivity (Wildman–Crippen MR) is 118 cm³/mol. The van der Waals surface area contributed by atoms with Gasteiger partial charge >= 0.3 is 0 Å². The van der Waals surface area contributed by atoms with Gasteiger partial charge in [0, 0.05) is 12.6 Å².